The lowest BCUT2D eigenvalue weighted by molar-refractivity contribution is -0.870. The summed E-state index contributed by atoms with van der Waals surface area (Å²) in [5.41, 5.74) is 4.56. The van der Waals surface area contributed by atoms with Gasteiger partial charge in [-0.05, 0) is 41.5 Å². The summed E-state index contributed by atoms with van der Waals surface area (Å²) < 4.78 is 6.30. The van der Waals surface area contributed by atoms with Crippen molar-refractivity contribution in [2.24, 2.45) is 0 Å². The topological polar surface area (TPSA) is 75.6 Å². The Labute approximate surface area is 178 Å². The molecule has 0 aromatic heterocycles. The molecule has 0 fully saturated rings. The summed E-state index contributed by atoms with van der Waals surface area (Å²) in [5.74, 6) is -1.08. The molecule has 0 aliphatic heterocycles. The second-order valence-corrected chi connectivity index (χ2v) is 8.87. The van der Waals surface area contributed by atoms with Crippen molar-refractivity contribution in [2.75, 3.05) is 34.3 Å². The summed E-state index contributed by atoms with van der Waals surface area (Å²) >= 11 is 0. The number of nitrogens with one attached hydrogen (secondary N) is 1. The third-order valence-corrected chi connectivity index (χ3v) is 5.51. The van der Waals surface area contributed by atoms with Crippen LogP contribution in [0.25, 0.3) is 11.1 Å². The first-order valence-corrected chi connectivity index (χ1v) is 10.4. The van der Waals surface area contributed by atoms with E-state index in [2.05, 4.69) is 50.7 Å². The molecule has 1 aliphatic carbocycles. The number of aliphatic carboxylic acids is 1. The molecule has 0 bridgehead atoms. The van der Waals surface area contributed by atoms with Crippen LogP contribution in [0.15, 0.2) is 48.5 Å². The van der Waals surface area contributed by atoms with Gasteiger partial charge in [0.2, 0.25) is 0 Å². The molecule has 1 aliphatic rings. The smallest absolute Gasteiger partial charge is 0.407 e. The van der Waals surface area contributed by atoms with E-state index in [-0.39, 0.29) is 12.5 Å². The van der Waals surface area contributed by atoms with Gasteiger partial charge < -0.3 is 19.6 Å². The van der Waals surface area contributed by atoms with Crippen LogP contribution in [0.5, 0.6) is 0 Å². The summed E-state index contributed by atoms with van der Waals surface area (Å²) in [4.78, 5) is 23.9. The minimum absolute atomic E-state index is 0.0454. The monoisotopic (exact) mass is 411 g/mol. The summed E-state index contributed by atoms with van der Waals surface area (Å²) in [6, 6.07) is 15.3. The number of alkyl carbamates (subject to hydrolysis) is 1. The van der Waals surface area contributed by atoms with Gasteiger partial charge in [0.05, 0.1) is 27.7 Å². The Balaban J connectivity index is 1.56. The molecule has 1 amide bonds. The van der Waals surface area contributed by atoms with Gasteiger partial charge in [0.15, 0.2) is 0 Å². The minimum Gasteiger partial charge on any atom is -0.480 e. The third kappa shape index (κ3) is 5.39. The fourth-order valence-corrected chi connectivity index (χ4v) is 3.97. The molecule has 3 rings (SSSR count). The van der Waals surface area contributed by atoms with Gasteiger partial charge in [-0.15, -0.1) is 0 Å². The predicted molar refractivity (Wildman–Crippen MR) is 116 cm³/mol. The SMILES string of the molecule is C[N+](C)(C)CCCC[C@H](NC(=O)OCC1c2ccccc2-c2ccccc21)C(=O)O. The van der Waals surface area contributed by atoms with Crippen LogP contribution in [0.1, 0.15) is 36.3 Å². The number of hydrogen-bond acceptors (Lipinski definition) is 3. The standard InChI is InChI=1S/C24H30N2O4/c1-26(2,3)15-9-8-14-22(23(27)28)25-24(29)30-16-21-19-12-6-4-10-17(19)18-11-5-7-13-20(18)21/h4-7,10-13,21-22H,8-9,14-16H2,1-3H3,(H-,25,27,28,29)/p+1/t22-/m0/s1. The second kappa shape index (κ2) is 9.30. The first-order valence-electron chi connectivity index (χ1n) is 10.4. The van der Waals surface area contributed by atoms with Gasteiger partial charge in [0.1, 0.15) is 12.6 Å². The molecule has 6 heteroatoms. The molecule has 0 spiro atoms. The molecule has 2 aromatic rings. The van der Waals surface area contributed by atoms with Crippen LogP contribution >= 0.6 is 0 Å². The highest BCUT2D eigenvalue weighted by atomic mass is 16.5. The predicted octanol–water partition coefficient (Wildman–Crippen LogP) is 3.85. The third-order valence-electron chi connectivity index (χ3n) is 5.51. The molecule has 0 radical (unpaired) electrons. The van der Waals surface area contributed by atoms with E-state index in [4.69, 9.17) is 4.74 Å². The van der Waals surface area contributed by atoms with Crippen LogP contribution < -0.4 is 5.32 Å². The maximum absolute atomic E-state index is 12.3. The van der Waals surface area contributed by atoms with Crippen LogP contribution in [0, 0.1) is 0 Å². The number of rotatable bonds is 9. The number of hydrogen-bond donors (Lipinski definition) is 2. The Morgan fingerprint density at radius 1 is 1.00 bits per heavy atom. The number of amides is 1. The van der Waals surface area contributed by atoms with Crippen molar-refractivity contribution in [1.29, 1.82) is 0 Å². The van der Waals surface area contributed by atoms with Gasteiger partial charge in [-0.2, -0.15) is 0 Å². The molecule has 30 heavy (non-hydrogen) atoms. The van der Waals surface area contributed by atoms with Crippen molar-refractivity contribution in [1.82, 2.24) is 5.32 Å². The van der Waals surface area contributed by atoms with Gasteiger partial charge >= 0.3 is 12.1 Å². The summed E-state index contributed by atoms with van der Waals surface area (Å²) in [6.07, 6.45) is 1.34. The molecule has 6 nitrogen and oxygen atoms in total. The summed E-state index contributed by atoms with van der Waals surface area (Å²) in [7, 11) is 6.30. The first-order chi connectivity index (χ1) is 14.3. The molecule has 0 heterocycles. The van der Waals surface area contributed by atoms with Crippen molar-refractivity contribution >= 4 is 12.1 Å². The lowest BCUT2D eigenvalue weighted by Gasteiger charge is -2.24. The van der Waals surface area contributed by atoms with Crippen LogP contribution in [0.3, 0.4) is 0 Å². The maximum atomic E-state index is 12.3. The molecule has 0 saturated heterocycles. The number of carboxylic acids is 1. The van der Waals surface area contributed by atoms with E-state index in [0.29, 0.717) is 6.42 Å². The fourth-order valence-electron chi connectivity index (χ4n) is 3.97. The van der Waals surface area contributed by atoms with Crippen molar-refractivity contribution in [2.45, 2.75) is 31.2 Å². The average Bonchev–Trinajstić information content (AvgIpc) is 3.01. The Morgan fingerprint density at radius 3 is 2.10 bits per heavy atom. The fraction of sp³-hybridized carbons (Fsp3) is 0.417. The average molecular weight is 412 g/mol. The van der Waals surface area contributed by atoms with Crippen LogP contribution in [0.4, 0.5) is 4.79 Å². The zero-order chi connectivity index (χ0) is 21.7. The normalized spacial score (nSPS) is 14.0. The highest BCUT2D eigenvalue weighted by Gasteiger charge is 2.29. The summed E-state index contributed by atoms with van der Waals surface area (Å²) in [6.45, 7) is 1.13. The number of quaternary nitrogens is 1. The number of nitrogens with zero attached hydrogens (tertiary/aromatic N) is 1. The largest absolute Gasteiger partial charge is 0.480 e. The molecule has 2 aromatic carbocycles. The van der Waals surface area contributed by atoms with Gasteiger partial charge in [-0.25, -0.2) is 9.59 Å². The van der Waals surface area contributed by atoms with Crippen LogP contribution in [0.2, 0.25) is 0 Å². The Bertz CT molecular complexity index is 859. The zero-order valence-electron chi connectivity index (χ0n) is 17.9. The molecule has 2 N–H and O–H groups in total. The van der Waals surface area contributed by atoms with Crippen molar-refractivity contribution in [3.63, 3.8) is 0 Å². The van der Waals surface area contributed by atoms with Gasteiger partial charge in [0, 0.05) is 5.92 Å². The number of carbonyl (C=O) groups excluding carboxylic acids is 1. The Kier molecular flexibility index (Phi) is 6.77. The highest BCUT2D eigenvalue weighted by Crippen LogP contribution is 2.44. The number of ether oxygens (including phenoxy) is 1. The molecule has 0 unspecified atom stereocenters. The molecule has 0 saturated carbocycles. The van der Waals surface area contributed by atoms with Crippen molar-refractivity contribution in [3.8, 4) is 11.1 Å². The number of carboxylic acid groups (broad SMARTS) is 1. The van der Waals surface area contributed by atoms with E-state index in [1.54, 1.807) is 0 Å². The van der Waals surface area contributed by atoms with E-state index >= 15 is 0 Å². The lowest BCUT2D eigenvalue weighted by Crippen LogP contribution is -2.41. The number of unbranched alkanes of at least 4 members (excludes halogenated alkanes) is 1. The van der Waals surface area contributed by atoms with Gasteiger partial charge in [-0.3, -0.25) is 0 Å². The van der Waals surface area contributed by atoms with Gasteiger partial charge in [-0.1, -0.05) is 48.5 Å². The quantitative estimate of drug-likeness (QED) is 0.485. The Hall–Kier alpha value is -2.86. The van der Waals surface area contributed by atoms with E-state index in [9.17, 15) is 14.7 Å². The zero-order valence-corrected chi connectivity index (χ0v) is 17.9. The van der Waals surface area contributed by atoms with E-state index in [1.807, 2.05) is 24.3 Å². The van der Waals surface area contributed by atoms with Crippen LogP contribution in [-0.4, -0.2) is 62.0 Å². The minimum atomic E-state index is -1.03. The Morgan fingerprint density at radius 2 is 1.57 bits per heavy atom. The molecular formula is C24H31N2O4+. The number of benzene rings is 2. The summed E-state index contributed by atoms with van der Waals surface area (Å²) in [5, 5.41) is 12.0. The van der Waals surface area contributed by atoms with E-state index < -0.39 is 18.1 Å². The number of carbonyl (C=O) groups is 2. The van der Waals surface area contributed by atoms with Gasteiger partial charge in [0.25, 0.3) is 0 Å². The van der Waals surface area contributed by atoms with Crippen LogP contribution in [-0.2, 0) is 9.53 Å². The second-order valence-electron chi connectivity index (χ2n) is 8.87. The highest BCUT2D eigenvalue weighted by molar-refractivity contribution is 5.81. The molecule has 1 atom stereocenters. The molecule has 160 valence electrons. The maximum Gasteiger partial charge on any atom is 0.407 e. The number of fused-ring (bicyclic) bond motifs is 3. The van der Waals surface area contributed by atoms with Crippen molar-refractivity contribution in [3.05, 3.63) is 59.7 Å². The first kappa shape index (κ1) is 21.8. The van der Waals surface area contributed by atoms with E-state index in [0.717, 1.165) is 46.1 Å². The molecular weight excluding hydrogens is 380 g/mol. The lowest BCUT2D eigenvalue weighted by atomic mass is 9.98. The van der Waals surface area contributed by atoms with Crippen molar-refractivity contribution < 1.29 is 23.9 Å². The van der Waals surface area contributed by atoms with E-state index in [1.165, 1.54) is 0 Å².